The van der Waals surface area contributed by atoms with Gasteiger partial charge in [0.05, 0.1) is 7.11 Å². The van der Waals surface area contributed by atoms with E-state index in [2.05, 4.69) is 9.97 Å². The molecule has 8 nitrogen and oxygen atoms in total. The van der Waals surface area contributed by atoms with E-state index in [1.807, 2.05) is 0 Å². The molecule has 1 aromatic heterocycles. The molecule has 0 aliphatic heterocycles. The Morgan fingerprint density at radius 3 is 2.45 bits per heavy atom. The quantitative estimate of drug-likeness (QED) is 0.653. The van der Waals surface area contributed by atoms with Gasteiger partial charge < -0.3 is 14.2 Å². The van der Waals surface area contributed by atoms with Gasteiger partial charge in [0, 0.05) is 30.9 Å². The fourth-order valence-electron chi connectivity index (χ4n) is 2.43. The Morgan fingerprint density at radius 2 is 1.86 bits per heavy atom. The number of hydrogen-bond acceptors (Lipinski definition) is 7. The number of amides is 1. The molecule has 0 spiro atoms. The summed E-state index contributed by atoms with van der Waals surface area (Å²) < 4.78 is 16.0. The molecule has 2 rings (SSSR count). The molecule has 1 aromatic carbocycles. The largest absolute Gasteiger partial charge is 0.467 e. The summed E-state index contributed by atoms with van der Waals surface area (Å²) in [7, 11) is 2.73. The number of benzene rings is 1. The third-order valence-corrected chi connectivity index (χ3v) is 4.04. The predicted molar refractivity (Wildman–Crippen MR) is 107 cm³/mol. The lowest BCUT2D eigenvalue weighted by atomic mass is 10.0. The number of halogens is 1. The van der Waals surface area contributed by atoms with Crippen molar-refractivity contribution in [3.05, 3.63) is 47.2 Å². The molecule has 0 aliphatic carbocycles. The first kappa shape index (κ1) is 22.4. The summed E-state index contributed by atoms with van der Waals surface area (Å²) in [6.07, 6.45) is 2.53. The second-order valence-electron chi connectivity index (χ2n) is 7.22. The highest BCUT2D eigenvalue weighted by atomic mass is 35.5. The van der Waals surface area contributed by atoms with E-state index in [-0.39, 0.29) is 12.4 Å². The van der Waals surface area contributed by atoms with Gasteiger partial charge in [0.15, 0.2) is 0 Å². The van der Waals surface area contributed by atoms with Crippen molar-refractivity contribution in [1.82, 2.24) is 14.9 Å². The standard InChI is InChI=1S/C20H24ClN3O5/c1-20(2,3)29-19(26)24(4)15(17(25)27-5)12-13-11-14(21)7-8-16(13)28-18-22-9-6-10-23-18/h6-11,15H,12H2,1-5H3/t15-/m0/s1. The summed E-state index contributed by atoms with van der Waals surface area (Å²) in [4.78, 5) is 34.1. The molecule has 1 amide bonds. The number of carbonyl (C=O) groups excluding carboxylic acids is 2. The van der Waals surface area contributed by atoms with Crippen LogP contribution < -0.4 is 4.74 Å². The van der Waals surface area contributed by atoms with E-state index in [0.29, 0.717) is 16.3 Å². The highest BCUT2D eigenvalue weighted by Crippen LogP contribution is 2.28. The van der Waals surface area contributed by atoms with Gasteiger partial charge in [-0.2, -0.15) is 0 Å². The van der Waals surface area contributed by atoms with Crippen molar-refractivity contribution in [3.8, 4) is 11.8 Å². The molecule has 1 atom stereocenters. The second-order valence-corrected chi connectivity index (χ2v) is 7.66. The molecule has 0 saturated carbocycles. The van der Waals surface area contributed by atoms with E-state index in [1.54, 1.807) is 57.4 Å². The van der Waals surface area contributed by atoms with Crippen LogP contribution in [0.3, 0.4) is 0 Å². The average molecular weight is 422 g/mol. The van der Waals surface area contributed by atoms with Crippen LogP contribution in [-0.2, 0) is 20.7 Å². The Balaban J connectivity index is 2.32. The minimum Gasteiger partial charge on any atom is -0.467 e. The van der Waals surface area contributed by atoms with Crippen molar-refractivity contribution in [2.75, 3.05) is 14.2 Å². The molecule has 1 heterocycles. The maximum absolute atomic E-state index is 12.5. The predicted octanol–water partition coefficient (Wildman–Crippen LogP) is 3.87. The number of likely N-dealkylation sites (N-methyl/N-ethyl adjacent to an activating group) is 1. The summed E-state index contributed by atoms with van der Waals surface area (Å²) in [5.74, 6) is -0.188. The van der Waals surface area contributed by atoms with Crippen molar-refractivity contribution < 1.29 is 23.8 Å². The molecular formula is C20H24ClN3O5. The lowest BCUT2D eigenvalue weighted by Gasteiger charge is -2.29. The number of esters is 1. The molecule has 9 heteroatoms. The number of rotatable bonds is 6. The van der Waals surface area contributed by atoms with Gasteiger partial charge >= 0.3 is 18.1 Å². The molecule has 0 N–H and O–H groups in total. The van der Waals surface area contributed by atoms with Crippen molar-refractivity contribution in [3.63, 3.8) is 0 Å². The maximum Gasteiger partial charge on any atom is 0.410 e. The fraction of sp³-hybridized carbons (Fsp3) is 0.400. The maximum atomic E-state index is 12.5. The third-order valence-electron chi connectivity index (χ3n) is 3.80. The first-order valence-electron chi connectivity index (χ1n) is 8.87. The smallest absolute Gasteiger partial charge is 0.410 e. The van der Waals surface area contributed by atoms with Crippen LogP contribution in [0.4, 0.5) is 4.79 Å². The number of methoxy groups -OCH3 is 1. The van der Waals surface area contributed by atoms with Crippen LogP contribution in [0.25, 0.3) is 0 Å². The molecule has 0 bridgehead atoms. The Bertz CT molecular complexity index is 855. The third kappa shape index (κ3) is 6.60. The van der Waals surface area contributed by atoms with Gasteiger partial charge in [0.25, 0.3) is 0 Å². The summed E-state index contributed by atoms with van der Waals surface area (Å²) >= 11 is 6.14. The number of aromatic nitrogens is 2. The van der Waals surface area contributed by atoms with Crippen LogP contribution in [0.15, 0.2) is 36.7 Å². The Kier molecular flexibility index (Phi) is 7.39. The number of carbonyl (C=O) groups is 2. The normalized spacial score (nSPS) is 12.1. The van der Waals surface area contributed by atoms with Crippen LogP contribution in [0.1, 0.15) is 26.3 Å². The SMILES string of the molecule is COC(=O)[C@H](Cc1cc(Cl)ccc1Oc1ncccn1)N(C)C(=O)OC(C)(C)C. The summed E-state index contributed by atoms with van der Waals surface area (Å²) in [5, 5.41) is 0.449. The fourth-order valence-corrected chi connectivity index (χ4v) is 2.62. The van der Waals surface area contributed by atoms with Crippen LogP contribution in [0.5, 0.6) is 11.8 Å². The first-order valence-corrected chi connectivity index (χ1v) is 9.25. The number of ether oxygens (including phenoxy) is 3. The molecule has 0 unspecified atom stereocenters. The molecule has 0 saturated heterocycles. The van der Waals surface area contributed by atoms with Gasteiger partial charge in [-0.15, -0.1) is 0 Å². The van der Waals surface area contributed by atoms with Crippen molar-refractivity contribution in [2.24, 2.45) is 0 Å². The zero-order valence-corrected chi connectivity index (χ0v) is 17.8. The van der Waals surface area contributed by atoms with E-state index in [4.69, 9.17) is 25.8 Å². The van der Waals surface area contributed by atoms with Gasteiger partial charge in [0.2, 0.25) is 0 Å². The zero-order chi connectivity index (χ0) is 21.6. The minimum absolute atomic E-state index is 0.0884. The molecular weight excluding hydrogens is 398 g/mol. The summed E-state index contributed by atoms with van der Waals surface area (Å²) in [5.41, 5.74) is -0.128. The minimum atomic E-state index is -0.952. The van der Waals surface area contributed by atoms with E-state index < -0.39 is 23.7 Å². The molecule has 0 fully saturated rings. The highest BCUT2D eigenvalue weighted by molar-refractivity contribution is 6.30. The van der Waals surface area contributed by atoms with Crippen molar-refractivity contribution in [1.29, 1.82) is 0 Å². The van der Waals surface area contributed by atoms with Crippen LogP contribution in [-0.4, -0.2) is 52.7 Å². The Hall–Kier alpha value is -2.87. The summed E-state index contributed by atoms with van der Waals surface area (Å²) in [6, 6.07) is 5.81. The average Bonchev–Trinajstić information content (AvgIpc) is 2.66. The topological polar surface area (TPSA) is 90.9 Å². The lowest BCUT2D eigenvalue weighted by molar-refractivity contribution is -0.146. The van der Waals surface area contributed by atoms with Gasteiger partial charge in [-0.05, 0) is 50.6 Å². The summed E-state index contributed by atoms with van der Waals surface area (Å²) in [6.45, 7) is 5.23. The van der Waals surface area contributed by atoms with Crippen molar-refractivity contribution >= 4 is 23.7 Å². The lowest BCUT2D eigenvalue weighted by Crippen LogP contribution is -2.46. The molecule has 0 aliphatic rings. The van der Waals surface area contributed by atoms with Gasteiger partial charge in [-0.25, -0.2) is 19.6 Å². The number of hydrogen-bond donors (Lipinski definition) is 0. The molecule has 0 radical (unpaired) electrons. The molecule has 29 heavy (non-hydrogen) atoms. The van der Waals surface area contributed by atoms with Gasteiger partial charge in [-0.1, -0.05) is 11.6 Å². The van der Waals surface area contributed by atoms with E-state index in [1.165, 1.54) is 19.1 Å². The van der Waals surface area contributed by atoms with Crippen LogP contribution in [0, 0.1) is 0 Å². The monoisotopic (exact) mass is 421 g/mol. The van der Waals surface area contributed by atoms with Crippen LogP contribution in [0.2, 0.25) is 5.02 Å². The van der Waals surface area contributed by atoms with Gasteiger partial charge in [-0.3, -0.25) is 4.90 Å². The second kappa shape index (κ2) is 9.56. The highest BCUT2D eigenvalue weighted by Gasteiger charge is 2.32. The van der Waals surface area contributed by atoms with E-state index in [0.717, 1.165) is 0 Å². The van der Waals surface area contributed by atoms with E-state index >= 15 is 0 Å². The number of nitrogens with zero attached hydrogens (tertiary/aromatic N) is 3. The Morgan fingerprint density at radius 1 is 1.21 bits per heavy atom. The van der Waals surface area contributed by atoms with Crippen molar-refractivity contribution in [2.45, 2.75) is 38.8 Å². The van der Waals surface area contributed by atoms with Gasteiger partial charge in [0.1, 0.15) is 17.4 Å². The molecule has 2 aromatic rings. The first-order chi connectivity index (χ1) is 13.6. The zero-order valence-electron chi connectivity index (χ0n) is 17.0. The van der Waals surface area contributed by atoms with Crippen LogP contribution >= 0.6 is 11.6 Å². The molecule has 156 valence electrons. The Labute approximate surface area is 174 Å². The van der Waals surface area contributed by atoms with E-state index in [9.17, 15) is 9.59 Å².